The zero-order valence-electron chi connectivity index (χ0n) is 9.70. The highest BCUT2D eigenvalue weighted by atomic mass is 16.3. The maximum absolute atomic E-state index is 9.81. The normalized spacial score (nSPS) is 33.9. The maximum atomic E-state index is 9.81. The van der Waals surface area contributed by atoms with Gasteiger partial charge < -0.3 is 5.11 Å². The summed E-state index contributed by atoms with van der Waals surface area (Å²) in [6.45, 7) is 0. The Morgan fingerprint density at radius 3 is 2.33 bits per heavy atom. The number of hydrogen-bond acceptors (Lipinski definition) is 1. The second-order valence-corrected chi connectivity index (χ2v) is 5.33. The number of allylic oxidation sites excluding steroid dienone is 1. The number of aliphatic hydroxyl groups excluding tert-OH is 1. The Hall–Kier alpha value is -0.300. The van der Waals surface area contributed by atoms with Crippen molar-refractivity contribution in [3.05, 3.63) is 12.2 Å². The molecule has 0 saturated heterocycles. The lowest BCUT2D eigenvalue weighted by molar-refractivity contribution is 0.0926. The number of aliphatic hydroxyl groups is 1. The molecule has 15 heavy (non-hydrogen) atoms. The predicted octanol–water partition coefficient (Wildman–Crippen LogP) is 3.67. The number of hydrogen-bond donors (Lipinski definition) is 1. The first kappa shape index (κ1) is 11.2. The fraction of sp³-hybridized carbons (Fsp3) is 0.857. The van der Waals surface area contributed by atoms with Crippen LogP contribution in [-0.2, 0) is 0 Å². The molecular formula is C14H24O. The average Bonchev–Trinajstić information content (AvgIpc) is 2.74. The third-order valence-corrected chi connectivity index (χ3v) is 4.11. The van der Waals surface area contributed by atoms with Crippen LogP contribution in [0.2, 0.25) is 0 Å². The van der Waals surface area contributed by atoms with Crippen molar-refractivity contribution in [2.75, 3.05) is 0 Å². The molecule has 0 bridgehead atoms. The lowest BCUT2D eigenvalue weighted by Crippen LogP contribution is -2.22. The molecule has 2 rings (SSSR count). The van der Waals surface area contributed by atoms with Gasteiger partial charge in [-0.25, -0.2) is 0 Å². The van der Waals surface area contributed by atoms with E-state index >= 15 is 0 Å². The van der Waals surface area contributed by atoms with Crippen molar-refractivity contribution in [1.29, 1.82) is 0 Å². The molecule has 2 atom stereocenters. The van der Waals surface area contributed by atoms with Gasteiger partial charge in [-0.1, -0.05) is 50.7 Å². The van der Waals surface area contributed by atoms with Gasteiger partial charge in [-0.2, -0.15) is 0 Å². The van der Waals surface area contributed by atoms with Gasteiger partial charge >= 0.3 is 0 Å². The fourth-order valence-corrected chi connectivity index (χ4v) is 3.06. The van der Waals surface area contributed by atoms with E-state index in [1.165, 1.54) is 51.4 Å². The molecule has 0 aliphatic heterocycles. The Balaban J connectivity index is 1.71. The Bertz CT molecular complexity index is 203. The van der Waals surface area contributed by atoms with Crippen molar-refractivity contribution in [1.82, 2.24) is 0 Å². The zero-order valence-corrected chi connectivity index (χ0v) is 9.70. The van der Waals surface area contributed by atoms with Crippen LogP contribution in [0.3, 0.4) is 0 Å². The summed E-state index contributed by atoms with van der Waals surface area (Å²) in [4.78, 5) is 0. The van der Waals surface area contributed by atoms with E-state index in [4.69, 9.17) is 0 Å². The molecular weight excluding hydrogens is 184 g/mol. The van der Waals surface area contributed by atoms with Crippen LogP contribution < -0.4 is 0 Å². The van der Waals surface area contributed by atoms with Crippen molar-refractivity contribution < 1.29 is 5.11 Å². The summed E-state index contributed by atoms with van der Waals surface area (Å²) < 4.78 is 0. The molecule has 0 amide bonds. The van der Waals surface area contributed by atoms with Crippen molar-refractivity contribution >= 4 is 0 Å². The third-order valence-electron chi connectivity index (χ3n) is 4.11. The first-order chi connectivity index (χ1) is 7.36. The molecule has 0 radical (unpaired) electrons. The van der Waals surface area contributed by atoms with E-state index in [0.29, 0.717) is 5.92 Å². The minimum atomic E-state index is -0.0569. The maximum Gasteiger partial charge on any atom is 0.0602 e. The van der Waals surface area contributed by atoms with Gasteiger partial charge in [0.2, 0.25) is 0 Å². The standard InChI is InChI=1S/C14H24O/c15-14-11-4-3-9-13(14)10-5-8-12-6-1-2-7-12/h5,10,12-15H,1-4,6-9,11H2/b10-5+/t13-,14+/m0/s1. The molecule has 0 unspecified atom stereocenters. The summed E-state index contributed by atoms with van der Waals surface area (Å²) >= 11 is 0. The molecule has 86 valence electrons. The quantitative estimate of drug-likeness (QED) is 0.702. The van der Waals surface area contributed by atoms with Gasteiger partial charge in [-0.3, -0.25) is 0 Å². The second kappa shape index (κ2) is 5.69. The highest BCUT2D eigenvalue weighted by Crippen LogP contribution is 2.29. The SMILES string of the molecule is O[C@@H]1CCCC[C@H]1/C=C/CC1CCCC1. The van der Waals surface area contributed by atoms with E-state index in [0.717, 1.165) is 12.3 Å². The lowest BCUT2D eigenvalue weighted by Gasteiger charge is -2.24. The van der Waals surface area contributed by atoms with E-state index in [2.05, 4.69) is 12.2 Å². The lowest BCUT2D eigenvalue weighted by atomic mass is 9.86. The molecule has 0 spiro atoms. The van der Waals surface area contributed by atoms with E-state index in [1.807, 2.05) is 0 Å². The molecule has 2 aliphatic carbocycles. The fourth-order valence-electron chi connectivity index (χ4n) is 3.06. The second-order valence-electron chi connectivity index (χ2n) is 5.33. The van der Waals surface area contributed by atoms with Crippen LogP contribution >= 0.6 is 0 Å². The van der Waals surface area contributed by atoms with Crippen LogP contribution in [0.5, 0.6) is 0 Å². The van der Waals surface area contributed by atoms with Gasteiger partial charge in [0.1, 0.15) is 0 Å². The Labute approximate surface area is 93.6 Å². The summed E-state index contributed by atoms with van der Waals surface area (Å²) in [5, 5.41) is 9.81. The number of rotatable bonds is 3. The highest BCUT2D eigenvalue weighted by Gasteiger charge is 2.20. The Kier molecular flexibility index (Phi) is 4.25. The molecule has 0 aromatic carbocycles. The molecule has 1 heteroatoms. The summed E-state index contributed by atoms with van der Waals surface area (Å²) in [5.41, 5.74) is 0. The molecule has 0 aromatic rings. The van der Waals surface area contributed by atoms with Crippen molar-refractivity contribution in [2.24, 2.45) is 11.8 Å². The molecule has 1 N–H and O–H groups in total. The van der Waals surface area contributed by atoms with Crippen molar-refractivity contribution in [2.45, 2.75) is 63.9 Å². The van der Waals surface area contributed by atoms with Gasteiger partial charge in [-0.15, -0.1) is 0 Å². The van der Waals surface area contributed by atoms with Crippen LogP contribution in [0.15, 0.2) is 12.2 Å². The van der Waals surface area contributed by atoms with Crippen LogP contribution in [-0.4, -0.2) is 11.2 Å². The van der Waals surface area contributed by atoms with Crippen LogP contribution in [0.4, 0.5) is 0 Å². The largest absolute Gasteiger partial charge is 0.393 e. The third kappa shape index (κ3) is 3.34. The van der Waals surface area contributed by atoms with Gasteiger partial charge in [0.15, 0.2) is 0 Å². The molecule has 2 aliphatic rings. The van der Waals surface area contributed by atoms with E-state index in [9.17, 15) is 5.11 Å². The molecule has 2 fully saturated rings. The van der Waals surface area contributed by atoms with Gasteiger partial charge in [0.05, 0.1) is 6.10 Å². The molecule has 1 nitrogen and oxygen atoms in total. The predicted molar refractivity (Wildman–Crippen MR) is 63.7 cm³/mol. The first-order valence-corrected chi connectivity index (χ1v) is 6.71. The molecule has 0 aromatic heterocycles. The van der Waals surface area contributed by atoms with Crippen molar-refractivity contribution in [3.8, 4) is 0 Å². The monoisotopic (exact) mass is 208 g/mol. The Morgan fingerprint density at radius 2 is 1.60 bits per heavy atom. The topological polar surface area (TPSA) is 20.2 Å². The van der Waals surface area contributed by atoms with Crippen LogP contribution in [0, 0.1) is 11.8 Å². The minimum Gasteiger partial charge on any atom is -0.393 e. The van der Waals surface area contributed by atoms with Crippen LogP contribution in [0.25, 0.3) is 0 Å². The van der Waals surface area contributed by atoms with Gasteiger partial charge in [0, 0.05) is 5.92 Å². The van der Waals surface area contributed by atoms with E-state index < -0.39 is 0 Å². The summed E-state index contributed by atoms with van der Waals surface area (Å²) in [6, 6.07) is 0. The highest BCUT2D eigenvalue weighted by molar-refractivity contribution is 4.95. The first-order valence-electron chi connectivity index (χ1n) is 6.71. The van der Waals surface area contributed by atoms with Gasteiger partial charge in [-0.05, 0) is 25.2 Å². The van der Waals surface area contributed by atoms with Crippen molar-refractivity contribution in [3.63, 3.8) is 0 Å². The summed E-state index contributed by atoms with van der Waals surface area (Å²) in [7, 11) is 0. The Morgan fingerprint density at radius 1 is 0.933 bits per heavy atom. The van der Waals surface area contributed by atoms with Crippen LogP contribution in [0.1, 0.15) is 57.8 Å². The summed E-state index contributed by atoms with van der Waals surface area (Å²) in [6.07, 6.45) is 16.3. The van der Waals surface area contributed by atoms with E-state index in [1.54, 1.807) is 0 Å². The molecule has 2 saturated carbocycles. The minimum absolute atomic E-state index is 0.0569. The van der Waals surface area contributed by atoms with Gasteiger partial charge in [0.25, 0.3) is 0 Å². The molecule has 0 heterocycles. The average molecular weight is 208 g/mol. The van der Waals surface area contributed by atoms with E-state index in [-0.39, 0.29) is 6.10 Å². The summed E-state index contributed by atoms with van der Waals surface area (Å²) in [5.74, 6) is 1.40. The smallest absolute Gasteiger partial charge is 0.0602 e. The zero-order chi connectivity index (χ0) is 10.5.